The zero-order valence-corrected chi connectivity index (χ0v) is 12.6. The summed E-state index contributed by atoms with van der Waals surface area (Å²) in [5, 5.41) is 4.15. The van der Waals surface area contributed by atoms with Gasteiger partial charge >= 0.3 is 0 Å². The highest BCUT2D eigenvalue weighted by Crippen LogP contribution is 2.12. The molecule has 0 radical (unpaired) electrons. The summed E-state index contributed by atoms with van der Waals surface area (Å²) in [5.41, 5.74) is 6.61. The molecular weight excluding hydrogens is 242 g/mol. The standard InChI is InChI=1S/C13H25N5O/c1-10(2)8-18(7-6-16(3)4)13(19)12-11(14)9-17(5)15-12/h9-10H,6-8,14H2,1-5H3. The van der Waals surface area contributed by atoms with Gasteiger partial charge in [0.15, 0.2) is 5.69 Å². The third-order valence-electron chi connectivity index (χ3n) is 2.75. The lowest BCUT2D eigenvalue weighted by molar-refractivity contribution is 0.0719. The second-order valence-electron chi connectivity index (χ2n) is 5.56. The molecule has 1 heterocycles. The van der Waals surface area contributed by atoms with E-state index in [0.717, 1.165) is 6.54 Å². The van der Waals surface area contributed by atoms with E-state index < -0.39 is 0 Å². The Morgan fingerprint density at radius 3 is 2.47 bits per heavy atom. The number of hydrogen-bond donors (Lipinski definition) is 1. The Hall–Kier alpha value is -1.56. The summed E-state index contributed by atoms with van der Waals surface area (Å²) >= 11 is 0. The highest BCUT2D eigenvalue weighted by atomic mass is 16.2. The maximum Gasteiger partial charge on any atom is 0.276 e. The van der Waals surface area contributed by atoms with Gasteiger partial charge in [-0.1, -0.05) is 13.8 Å². The number of aromatic nitrogens is 2. The summed E-state index contributed by atoms with van der Waals surface area (Å²) in [6, 6.07) is 0. The van der Waals surface area contributed by atoms with E-state index in [1.165, 1.54) is 0 Å². The Morgan fingerprint density at radius 2 is 2.05 bits per heavy atom. The quantitative estimate of drug-likeness (QED) is 0.822. The zero-order chi connectivity index (χ0) is 14.6. The first-order valence-electron chi connectivity index (χ1n) is 6.54. The first-order chi connectivity index (χ1) is 8.81. The predicted molar refractivity (Wildman–Crippen MR) is 76.9 cm³/mol. The van der Waals surface area contributed by atoms with Crippen molar-refractivity contribution in [2.45, 2.75) is 13.8 Å². The van der Waals surface area contributed by atoms with Gasteiger partial charge in [-0.2, -0.15) is 5.10 Å². The number of rotatable bonds is 6. The second-order valence-corrected chi connectivity index (χ2v) is 5.56. The van der Waals surface area contributed by atoms with E-state index in [-0.39, 0.29) is 5.91 Å². The van der Waals surface area contributed by atoms with Crippen molar-refractivity contribution >= 4 is 11.6 Å². The Labute approximate surface area is 115 Å². The number of likely N-dealkylation sites (N-methyl/N-ethyl adjacent to an activating group) is 1. The van der Waals surface area contributed by atoms with Gasteiger partial charge in [0.05, 0.1) is 5.69 Å². The number of carbonyl (C=O) groups excluding carboxylic acids is 1. The summed E-state index contributed by atoms with van der Waals surface area (Å²) in [7, 11) is 5.75. The largest absolute Gasteiger partial charge is 0.396 e. The first kappa shape index (κ1) is 15.5. The molecule has 0 spiro atoms. The van der Waals surface area contributed by atoms with Crippen LogP contribution in [0.1, 0.15) is 24.3 Å². The Balaban J connectivity index is 2.84. The summed E-state index contributed by atoms with van der Waals surface area (Å²) in [6.45, 7) is 6.41. The van der Waals surface area contributed by atoms with Gasteiger partial charge in [-0.25, -0.2) is 0 Å². The third kappa shape index (κ3) is 4.55. The molecule has 0 aliphatic rings. The number of nitrogens with zero attached hydrogens (tertiary/aromatic N) is 4. The van der Waals surface area contributed by atoms with Crippen LogP contribution in [0.5, 0.6) is 0 Å². The molecule has 2 N–H and O–H groups in total. The second kappa shape index (κ2) is 6.56. The molecule has 0 fully saturated rings. The monoisotopic (exact) mass is 267 g/mol. The molecule has 1 aromatic rings. The number of nitrogen functional groups attached to an aromatic ring is 1. The van der Waals surface area contributed by atoms with E-state index in [4.69, 9.17) is 5.73 Å². The van der Waals surface area contributed by atoms with Crippen molar-refractivity contribution in [1.29, 1.82) is 0 Å². The lowest BCUT2D eigenvalue weighted by atomic mass is 10.2. The fourth-order valence-electron chi connectivity index (χ4n) is 1.86. The van der Waals surface area contributed by atoms with E-state index in [2.05, 4.69) is 23.8 Å². The Kier molecular flexibility index (Phi) is 5.35. The maximum atomic E-state index is 12.5. The molecule has 0 saturated carbocycles. The molecule has 0 aliphatic carbocycles. The van der Waals surface area contributed by atoms with Crippen LogP contribution in [0, 0.1) is 5.92 Å². The van der Waals surface area contributed by atoms with Gasteiger partial charge in [-0.3, -0.25) is 9.48 Å². The molecule has 1 rings (SSSR count). The van der Waals surface area contributed by atoms with Crippen LogP contribution in [0.4, 0.5) is 5.69 Å². The van der Waals surface area contributed by atoms with Crippen LogP contribution < -0.4 is 5.73 Å². The minimum atomic E-state index is -0.0892. The van der Waals surface area contributed by atoms with E-state index in [1.807, 2.05) is 19.0 Å². The number of hydrogen-bond acceptors (Lipinski definition) is 4. The van der Waals surface area contributed by atoms with Crippen molar-refractivity contribution < 1.29 is 4.79 Å². The average molecular weight is 267 g/mol. The number of aryl methyl sites for hydroxylation is 1. The lowest BCUT2D eigenvalue weighted by Gasteiger charge is -2.25. The predicted octanol–water partition coefficient (Wildman–Crippen LogP) is 0.662. The van der Waals surface area contributed by atoms with Crippen molar-refractivity contribution in [3.63, 3.8) is 0 Å². The molecule has 1 amide bonds. The lowest BCUT2D eigenvalue weighted by Crippen LogP contribution is -2.39. The molecule has 19 heavy (non-hydrogen) atoms. The molecule has 6 nitrogen and oxygen atoms in total. The van der Waals surface area contributed by atoms with Crippen LogP contribution >= 0.6 is 0 Å². The van der Waals surface area contributed by atoms with Gasteiger partial charge in [0.2, 0.25) is 0 Å². The molecular formula is C13H25N5O. The van der Waals surface area contributed by atoms with Crippen LogP contribution in [-0.4, -0.2) is 59.2 Å². The van der Waals surface area contributed by atoms with Crippen molar-refractivity contribution in [2.24, 2.45) is 13.0 Å². The van der Waals surface area contributed by atoms with Gasteiger partial charge in [0, 0.05) is 32.9 Å². The van der Waals surface area contributed by atoms with E-state index in [0.29, 0.717) is 30.4 Å². The Bertz CT molecular complexity index is 425. The third-order valence-corrected chi connectivity index (χ3v) is 2.75. The van der Waals surface area contributed by atoms with E-state index in [9.17, 15) is 4.79 Å². The Morgan fingerprint density at radius 1 is 1.42 bits per heavy atom. The van der Waals surface area contributed by atoms with Crippen molar-refractivity contribution in [1.82, 2.24) is 19.6 Å². The molecule has 108 valence electrons. The van der Waals surface area contributed by atoms with Crippen LogP contribution in [0.3, 0.4) is 0 Å². The smallest absolute Gasteiger partial charge is 0.276 e. The van der Waals surface area contributed by atoms with Crippen LogP contribution in [-0.2, 0) is 7.05 Å². The summed E-state index contributed by atoms with van der Waals surface area (Å²) in [5.74, 6) is 0.324. The van der Waals surface area contributed by atoms with Crippen molar-refractivity contribution in [3.05, 3.63) is 11.9 Å². The van der Waals surface area contributed by atoms with Gasteiger partial charge < -0.3 is 15.5 Å². The molecule has 0 bridgehead atoms. The highest BCUT2D eigenvalue weighted by molar-refractivity contribution is 5.97. The topological polar surface area (TPSA) is 67.4 Å². The minimum absolute atomic E-state index is 0.0892. The molecule has 0 aliphatic heterocycles. The van der Waals surface area contributed by atoms with E-state index in [1.54, 1.807) is 17.9 Å². The van der Waals surface area contributed by atoms with E-state index >= 15 is 0 Å². The molecule has 0 unspecified atom stereocenters. The first-order valence-corrected chi connectivity index (χ1v) is 6.54. The SMILES string of the molecule is CC(C)CN(CCN(C)C)C(=O)c1nn(C)cc1N. The molecule has 6 heteroatoms. The van der Waals surface area contributed by atoms with Gasteiger partial charge in [0.25, 0.3) is 5.91 Å². The summed E-state index contributed by atoms with van der Waals surface area (Å²) in [4.78, 5) is 16.4. The number of amides is 1. The summed E-state index contributed by atoms with van der Waals surface area (Å²) in [6.07, 6.45) is 1.66. The molecule has 1 aromatic heterocycles. The minimum Gasteiger partial charge on any atom is -0.396 e. The molecule has 0 atom stereocenters. The summed E-state index contributed by atoms with van der Waals surface area (Å²) < 4.78 is 1.57. The number of nitrogens with two attached hydrogens (primary N) is 1. The van der Waals surface area contributed by atoms with Crippen molar-refractivity contribution in [2.75, 3.05) is 39.5 Å². The zero-order valence-electron chi connectivity index (χ0n) is 12.6. The van der Waals surface area contributed by atoms with Crippen molar-refractivity contribution in [3.8, 4) is 0 Å². The molecule has 0 saturated heterocycles. The number of carbonyl (C=O) groups is 1. The molecule has 0 aromatic carbocycles. The average Bonchev–Trinajstić information content (AvgIpc) is 2.62. The van der Waals surface area contributed by atoms with Crippen LogP contribution in [0.25, 0.3) is 0 Å². The fraction of sp³-hybridized carbons (Fsp3) is 0.692. The van der Waals surface area contributed by atoms with Gasteiger partial charge in [-0.15, -0.1) is 0 Å². The van der Waals surface area contributed by atoms with Gasteiger partial charge in [0.1, 0.15) is 0 Å². The maximum absolute atomic E-state index is 12.5. The normalized spacial score (nSPS) is 11.3. The highest BCUT2D eigenvalue weighted by Gasteiger charge is 2.21. The number of anilines is 1. The van der Waals surface area contributed by atoms with Crippen LogP contribution in [0.2, 0.25) is 0 Å². The van der Waals surface area contributed by atoms with Crippen LogP contribution in [0.15, 0.2) is 6.20 Å². The van der Waals surface area contributed by atoms with Gasteiger partial charge in [-0.05, 0) is 20.0 Å². The fourth-order valence-corrected chi connectivity index (χ4v) is 1.86.